The fourth-order valence-electron chi connectivity index (χ4n) is 4.62. The third-order valence-electron chi connectivity index (χ3n) is 6.19. The molecule has 1 aromatic rings. The zero-order chi connectivity index (χ0) is 15.4. The van der Waals surface area contributed by atoms with E-state index in [1.807, 2.05) is 30.3 Å². The van der Waals surface area contributed by atoms with Crippen LogP contribution in [0.3, 0.4) is 0 Å². The zero-order valence-electron chi connectivity index (χ0n) is 14.0. The molecule has 0 amide bonds. The Morgan fingerprint density at radius 2 is 1.82 bits per heavy atom. The van der Waals surface area contributed by atoms with E-state index >= 15 is 0 Å². The molecule has 2 fully saturated rings. The van der Waals surface area contributed by atoms with Gasteiger partial charge in [-0.1, -0.05) is 56.5 Å². The third kappa shape index (κ3) is 4.00. The third-order valence-corrected chi connectivity index (χ3v) is 6.19. The molecule has 1 aromatic carbocycles. The van der Waals surface area contributed by atoms with E-state index in [0.29, 0.717) is 17.1 Å². The molecule has 0 heterocycles. The second-order valence-corrected chi connectivity index (χ2v) is 8.09. The summed E-state index contributed by atoms with van der Waals surface area (Å²) in [6.45, 7) is 2.50. The van der Waals surface area contributed by atoms with Gasteiger partial charge in [0.05, 0.1) is 0 Å². The minimum absolute atomic E-state index is 0.351. The predicted octanol–water partition coefficient (Wildman–Crippen LogP) is 6.04. The molecular weight excluding hydrogens is 268 g/mol. The quantitative estimate of drug-likeness (QED) is 0.622. The van der Waals surface area contributed by atoms with Gasteiger partial charge in [0.25, 0.3) is 0 Å². The Hall–Kier alpha value is -1.11. The van der Waals surface area contributed by atoms with Crippen molar-refractivity contribution in [2.75, 3.05) is 0 Å². The van der Waals surface area contributed by atoms with E-state index in [1.165, 1.54) is 57.8 Å². The molecule has 22 heavy (non-hydrogen) atoms. The van der Waals surface area contributed by atoms with Crippen LogP contribution in [0, 0.1) is 17.3 Å². The van der Waals surface area contributed by atoms with Crippen molar-refractivity contribution in [3.63, 3.8) is 0 Å². The molecule has 2 aliphatic carbocycles. The van der Waals surface area contributed by atoms with Gasteiger partial charge in [0, 0.05) is 12.0 Å². The van der Waals surface area contributed by atoms with Gasteiger partial charge in [-0.05, 0) is 55.8 Å². The summed E-state index contributed by atoms with van der Waals surface area (Å²) in [7, 11) is 0. The first kappa shape index (κ1) is 15.8. The number of benzene rings is 1. The number of rotatable bonds is 3. The molecule has 0 saturated heterocycles. The maximum atomic E-state index is 12.6. The molecule has 3 unspecified atom stereocenters. The van der Waals surface area contributed by atoms with E-state index < -0.39 is 0 Å². The molecule has 0 N–H and O–H groups in total. The lowest BCUT2D eigenvalue weighted by molar-refractivity contribution is 0.0906. The number of fused-ring (bicyclic) bond motifs is 3. The lowest BCUT2D eigenvalue weighted by atomic mass is 9.67. The van der Waals surface area contributed by atoms with Gasteiger partial charge in [-0.2, -0.15) is 0 Å². The number of Topliss-reactive ketones (excluding diaryl/α,β-unsaturated/α-hetero) is 1. The molecule has 1 heteroatoms. The average Bonchev–Trinajstić information content (AvgIpc) is 2.52. The maximum Gasteiger partial charge on any atom is 0.163 e. The molecule has 120 valence electrons. The van der Waals surface area contributed by atoms with Crippen LogP contribution in [0.1, 0.15) is 81.5 Å². The summed E-state index contributed by atoms with van der Waals surface area (Å²) < 4.78 is 0. The maximum absolute atomic E-state index is 12.6. The van der Waals surface area contributed by atoms with Crippen LogP contribution >= 0.6 is 0 Å². The SMILES string of the molecule is CC12CCCCC(CC1)CC(CC(=O)c1ccccc1)CC2. The van der Waals surface area contributed by atoms with Crippen molar-refractivity contribution in [2.24, 2.45) is 17.3 Å². The summed E-state index contributed by atoms with van der Waals surface area (Å²) in [6.07, 6.45) is 13.1. The molecule has 0 aromatic heterocycles. The molecule has 1 nitrogen and oxygen atoms in total. The van der Waals surface area contributed by atoms with Crippen molar-refractivity contribution in [1.29, 1.82) is 0 Å². The van der Waals surface area contributed by atoms with Gasteiger partial charge in [-0.15, -0.1) is 0 Å². The highest BCUT2D eigenvalue weighted by atomic mass is 16.1. The number of hydrogen-bond donors (Lipinski definition) is 0. The van der Waals surface area contributed by atoms with Crippen LogP contribution in [0.5, 0.6) is 0 Å². The first-order valence-electron chi connectivity index (χ1n) is 9.23. The lowest BCUT2D eigenvalue weighted by Crippen LogP contribution is -2.26. The highest BCUT2D eigenvalue weighted by molar-refractivity contribution is 5.96. The summed E-state index contributed by atoms with van der Waals surface area (Å²) >= 11 is 0. The molecule has 2 saturated carbocycles. The van der Waals surface area contributed by atoms with Crippen LogP contribution in [0.25, 0.3) is 0 Å². The van der Waals surface area contributed by atoms with Gasteiger partial charge in [0.15, 0.2) is 5.78 Å². The minimum atomic E-state index is 0.351. The van der Waals surface area contributed by atoms with E-state index in [-0.39, 0.29) is 0 Å². The lowest BCUT2D eigenvalue weighted by Gasteiger charge is -2.39. The summed E-state index contributed by atoms with van der Waals surface area (Å²) in [5, 5.41) is 0. The molecular formula is C21H30O. The minimum Gasteiger partial charge on any atom is -0.294 e. The average molecular weight is 298 g/mol. The van der Waals surface area contributed by atoms with Gasteiger partial charge in [0.2, 0.25) is 0 Å². The number of ketones is 1. The standard InChI is InChI=1S/C21H30O/c1-21-12-6-5-7-17(10-13-21)15-18(11-14-21)16-20(22)19-8-3-2-4-9-19/h2-4,8-9,17-18H,5-7,10-16H2,1H3. The molecule has 2 aliphatic rings. The van der Waals surface area contributed by atoms with Gasteiger partial charge in [-0.25, -0.2) is 0 Å². The second kappa shape index (κ2) is 6.98. The summed E-state index contributed by atoms with van der Waals surface area (Å²) in [5.41, 5.74) is 1.45. The monoisotopic (exact) mass is 298 g/mol. The van der Waals surface area contributed by atoms with Crippen LogP contribution < -0.4 is 0 Å². The molecule has 0 spiro atoms. The van der Waals surface area contributed by atoms with E-state index in [0.717, 1.165) is 17.9 Å². The number of carbonyl (C=O) groups excluding carboxylic acids is 1. The van der Waals surface area contributed by atoms with Crippen molar-refractivity contribution < 1.29 is 4.79 Å². The van der Waals surface area contributed by atoms with E-state index in [1.54, 1.807) is 0 Å². The number of hydrogen-bond acceptors (Lipinski definition) is 1. The van der Waals surface area contributed by atoms with Gasteiger partial charge < -0.3 is 0 Å². The fourth-order valence-corrected chi connectivity index (χ4v) is 4.62. The van der Waals surface area contributed by atoms with Crippen molar-refractivity contribution in [2.45, 2.75) is 71.1 Å². The fraction of sp³-hybridized carbons (Fsp3) is 0.667. The Labute approximate surface area is 135 Å². The van der Waals surface area contributed by atoms with Crippen molar-refractivity contribution in [3.8, 4) is 0 Å². The smallest absolute Gasteiger partial charge is 0.163 e. The van der Waals surface area contributed by atoms with Crippen molar-refractivity contribution in [3.05, 3.63) is 35.9 Å². The Bertz CT molecular complexity index is 492. The Morgan fingerprint density at radius 1 is 1.05 bits per heavy atom. The summed E-state index contributed by atoms with van der Waals surface area (Å²) in [5.74, 6) is 1.83. The van der Waals surface area contributed by atoms with E-state index in [9.17, 15) is 4.79 Å². The van der Waals surface area contributed by atoms with Crippen molar-refractivity contribution in [1.82, 2.24) is 0 Å². The molecule has 0 radical (unpaired) electrons. The summed E-state index contributed by atoms with van der Waals surface area (Å²) in [6, 6.07) is 9.87. The van der Waals surface area contributed by atoms with Gasteiger partial charge in [0.1, 0.15) is 0 Å². The van der Waals surface area contributed by atoms with E-state index in [2.05, 4.69) is 6.92 Å². The molecule has 0 aliphatic heterocycles. The normalized spacial score (nSPS) is 32.6. The predicted molar refractivity (Wildman–Crippen MR) is 92.0 cm³/mol. The molecule has 3 atom stereocenters. The summed E-state index contributed by atoms with van der Waals surface area (Å²) in [4.78, 5) is 12.6. The second-order valence-electron chi connectivity index (χ2n) is 8.09. The Balaban J connectivity index is 1.67. The first-order valence-corrected chi connectivity index (χ1v) is 9.23. The van der Waals surface area contributed by atoms with E-state index in [4.69, 9.17) is 0 Å². The first-order chi connectivity index (χ1) is 10.6. The van der Waals surface area contributed by atoms with Crippen LogP contribution in [0.15, 0.2) is 30.3 Å². The highest BCUT2D eigenvalue weighted by Gasteiger charge is 2.32. The van der Waals surface area contributed by atoms with Crippen LogP contribution in [-0.2, 0) is 0 Å². The van der Waals surface area contributed by atoms with Gasteiger partial charge in [-0.3, -0.25) is 4.79 Å². The highest BCUT2D eigenvalue weighted by Crippen LogP contribution is 2.45. The number of carbonyl (C=O) groups is 1. The molecule has 3 rings (SSSR count). The van der Waals surface area contributed by atoms with Gasteiger partial charge >= 0.3 is 0 Å². The topological polar surface area (TPSA) is 17.1 Å². The Kier molecular flexibility index (Phi) is 5.00. The van der Waals surface area contributed by atoms with Crippen LogP contribution in [0.4, 0.5) is 0 Å². The van der Waals surface area contributed by atoms with Crippen LogP contribution in [0.2, 0.25) is 0 Å². The zero-order valence-corrected chi connectivity index (χ0v) is 14.0. The Morgan fingerprint density at radius 3 is 2.64 bits per heavy atom. The largest absolute Gasteiger partial charge is 0.294 e. The van der Waals surface area contributed by atoms with Crippen molar-refractivity contribution >= 4 is 5.78 Å². The molecule has 2 bridgehead atoms. The van der Waals surface area contributed by atoms with Crippen LogP contribution in [-0.4, -0.2) is 5.78 Å².